The molecule has 2 aliphatic rings. The molecule has 4 heterocycles. The van der Waals surface area contributed by atoms with E-state index in [9.17, 15) is 14.0 Å². The van der Waals surface area contributed by atoms with Crippen LogP contribution >= 0.6 is 0 Å². The Bertz CT molecular complexity index is 1220. The zero-order valence-corrected chi connectivity index (χ0v) is 18.7. The Labute approximate surface area is 191 Å². The minimum Gasteiger partial charge on any atom is -0.380 e. The van der Waals surface area contributed by atoms with Crippen molar-refractivity contribution in [1.29, 1.82) is 0 Å². The molecule has 2 amide bonds. The Morgan fingerprint density at radius 1 is 1.24 bits per heavy atom. The highest BCUT2D eigenvalue weighted by molar-refractivity contribution is 6.02. The molecule has 5 rings (SSSR count). The molecule has 1 aliphatic heterocycles. The topological polar surface area (TPSA) is 106 Å². The molecule has 33 heavy (non-hydrogen) atoms. The van der Waals surface area contributed by atoms with E-state index in [0.29, 0.717) is 35.4 Å². The average Bonchev–Trinajstić information content (AvgIpc) is 3.49. The number of nitrogens with zero attached hydrogens (tertiary/aromatic N) is 4. The molecular formula is C24H27FN6O2. The van der Waals surface area contributed by atoms with Crippen molar-refractivity contribution in [2.75, 3.05) is 18.4 Å². The zero-order chi connectivity index (χ0) is 23.3. The highest BCUT2D eigenvalue weighted by atomic mass is 19.1. The Morgan fingerprint density at radius 2 is 2.06 bits per heavy atom. The molecule has 3 N–H and O–H groups in total. The van der Waals surface area contributed by atoms with Crippen molar-refractivity contribution in [3.05, 3.63) is 48.3 Å². The maximum atomic E-state index is 13.3. The first-order valence-corrected chi connectivity index (χ1v) is 11.3. The molecule has 0 aromatic carbocycles. The minimum absolute atomic E-state index is 0.147. The van der Waals surface area contributed by atoms with Gasteiger partial charge < -0.3 is 16.0 Å². The summed E-state index contributed by atoms with van der Waals surface area (Å²) in [4.78, 5) is 30.1. The molecule has 1 saturated carbocycles. The van der Waals surface area contributed by atoms with Gasteiger partial charge in [0.25, 0.3) is 5.91 Å². The minimum atomic E-state index is -0.552. The third-order valence-electron chi connectivity index (χ3n) is 7.31. The third kappa shape index (κ3) is 3.71. The lowest BCUT2D eigenvalue weighted by molar-refractivity contribution is -0.130. The fraction of sp³-hybridized carbons (Fsp3) is 0.417. The van der Waals surface area contributed by atoms with Gasteiger partial charge >= 0.3 is 0 Å². The van der Waals surface area contributed by atoms with E-state index in [-0.39, 0.29) is 11.9 Å². The van der Waals surface area contributed by atoms with Crippen molar-refractivity contribution in [3.8, 4) is 11.1 Å². The van der Waals surface area contributed by atoms with Gasteiger partial charge in [0.2, 0.25) is 11.9 Å². The summed E-state index contributed by atoms with van der Waals surface area (Å²) in [7, 11) is 0. The summed E-state index contributed by atoms with van der Waals surface area (Å²) >= 11 is 0. The number of rotatable bonds is 5. The van der Waals surface area contributed by atoms with Crippen molar-refractivity contribution in [2.45, 2.75) is 32.7 Å². The van der Waals surface area contributed by atoms with Crippen LogP contribution in [0.3, 0.4) is 0 Å². The van der Waals surface area contributed by atoms with Gasteiger partial charge in [-0.15, -0.1) is 0 Å². The van der Waals surface area contributed by atoms with Crippen LogP contribution in [0.25, 0.3) is 16.6 Å². The van der Waals surface area contributed by atoms with Crippen LogP contribution < -0.4 is 11.1 Å². The van der Waals surface area contributed by atoms with Gasteiger partial charge in [0.15, 0.2) is 0 Å². The summed E-state index contributed by atoms with van der Waals surface area (Å²) in [6, 6.07) is 5.01. The van der Waals surface area contributed by atoms with E-state index >= 15 is 0 Å². The van der Waals surface area contributed by atoms with Crippen LogP contribution in [0.15, 0.2) is 36.8 Å². The molecule has 1 aliphatic carbocycles. The van der Waals surface area contributed by atoms with E-state index in [1.165, 1.54) is 18.5 Å². The number of fused-ring (bicyclic) bond motifs is 2. The van der Waals surface area contributed by atoms with E-state index in [1.807, 2.05) is 24.1 Å². The number of carbonyl (C=O) groups is 2. The van der Waals surface area contributed by atoms with Crippen molar-refractivity contribution < 1.29 is 14.0 Å². The van der Waals surface area contributed by atoms with Crippen LogP contribution in [0.4, 0.5) is 10.1 Å². The molecule has 8 nitrogen and oxygen atoms in total. The van der Waals surface area contributed by atoms with E-state index in [1.54, 1.807) is 10.6 Å². The normalized spacial score (nSPS) is 24.3. The van der Waals surface area contributed by atoms with Crippen molar-refractivity contribution in [1.82, 2.24) is 19.5 Å². The van der Waals surface area contributed by atoms with Crippen LogP contribution in [0.2, 0.25) is 0 Å². The standard InChI is InChI=1S/C24H27FN6O2/c1-3-22(32)30-10-16-6-19(13(2)18(16)12-30)29-23-17(24(26)33)9-28-31-11-15(7-20(23)31)14-4-5-21(25)27-8-14/h4-5,7-9,11,13,16,18-19,29H,3,6,10,12H2,1-2H3,(H2,26,33)/t13-,16-,18-,19-/m1/s1. The Kier molecular flexibility index (Phi) is 5.26. The molecule has 0 unspecified atom stereocenters. The molecule has 4 atom stereocenters. The van der Waals surface area contributed by atoms with E-state index in [0.717, 1.165) is 36.2 Å². The van der Waals surface area contributed by atoms with Gasteiger partial charge in [0.05, 0.1) is 23.0 Å². The van der Waals surface area contributed by atoms with Crippen LogP contribution in [0.5, 0.6) is 0 Å². The Morgan fingerprint density at radius 3 is 2.73 bits per heavy atom. The predicted octanol–water partition coefficient (Wildman–Crippen LogP) is 2.94. The van der Waals surface area contributed by atoms with Crippen LogP contribution in [0.1, 0.15) is 37.0 Å². The molecule has 1 saturated heterocycles. The number of halogens is 1. The monoisotopic (exact) mass is 450 g/mol. The Hall–Kier alpha value is -3.49. The average molecular weight is 451 g/mol. The fourth-order valence-corrected chi connectivity index (χ4v) is 5.48. The Balaban J connectivity index is 1.46. The molecule has 2 fully saturated rings. The van der Waals surface area contributed by atoms with Gasteiger partial charge in [-0.25, -0.2) is 9.50 Å². The molecule has 3 aromatic rings. The third-order valence-corrected chi connectivity index (χ3v) is 7.31. The summed E-state index contributed by atoms with van der Waals surface area (Å²) in [5, 5.41) is 7.96. The summed E-state index contributed by atoms with van der Waals surface area (Å²) in [6.45, 7) is 5.69. The fourth-order valence-electron chi connectivity index (χ4n) is 5.48. The summed E-state index contributed by atoms with van der Waals surface area (Å²) in [5.41, 5.74) is 8.94. The van der Waals surface area contributed by atoms with Gasteiger partial charge in [-0.3, -0.25) is 9.59 Å². The number of nitrogens with two attached hydrogens (primary N) is 1. The van der Waals surface area contributed by atoms with Gasteiger partial charge in [-0.2, -0.15) is 9.49 Å². The van der Waals surface area contributed by atoms with Crippen LogP contribution in [-0.2, 0) is 4.79 Å². The van der Waals surface area contributed by atoms with E-state index < -0.39 is 11.9 Å². The number of likely N-dealkylation sites (tertiary alicyclic amines) is 1. The molecular weight excluding hydrogens is 423 g/mol. The molecule has 172 valence electrons. The number of amides is 2. The highest BCUT2D eigenvalue weighted by Gasteiger charge is 2.47. The maximum Gasteiger partial charge on any atom is 0.252 e. The first-order chi connectivity index (χ1) is 15.9. The van der Waals surface area contributed by atoms with Crippen LogP contribution in [-0.4, -0.2) is 50.4 Å². The lowest BCUT2D eigenvalue weighted by Crippen LogP contribution is -2.33. The lowest BCUT2D eigenvalue weighted by atomic mass is 9.93. The number of pyridine rings is 1. The smallest absolute Gasteiger partial charge is 0.252 e. The maximum absolute atomic E-state index is 13.3. The predicted molar refractivity (Wildman–Crippen MR) is 122 cm³/mol. The molecule has 0 bridgehead atoms. The second-order valence-electron chi connectivity index (χ2n) is 9.15. The molecule has 3 aromatic heterocycles. The van der Waals surface area contributed by atoms with Gasteiger partial charge in [-0.05, 0) is 42.4 Å². The van der Waals surface area contributed by atoms with E-state index in [2.05, 4.69) is 22.3 Å². The summed E-state index contributed by atoms with van der Waals surface area (Å²) < 4.78 is 14.9. The number of nitrogens with one attached hydrogen (secondary N) is 1. The summed E-state index contributed by atoms with van der Waals surface area (Å²) in [6.07, 6.45) is 6.22. The highest BCUT2D eigenvalue weighted by Crippen LogP contribution is 2.44. The van der Waals surface area contributed by atoms with E-state index in [4.69, 9.17) is 5.73 Å². The molecule has 9 heteroatoms. The molecule has 0 radical (unpaired) electrons. The SMILES string of the molecule is CCC(=O)N1C[C@H]2C[C@@H](Nc3c(C(N)=O)cnn4cc(-c5ccc(F)nc5)cc34)[C@H](C)[C@H]2C1. The number of primary amides is 1. The number of hydrogen-bond donors (Lipinski definition) is 2. The lowest BCUT2D eigenvalue weighted by Gasteiger charge is -2.25. The van der Waals surface area contributed by atoms with Gasteiger partial charge in [0.1, 0.15) is 0 Å². The van der Waals surface area contributed by atoms with Crippen molar-refractivity contribution in [3.63, 3.8) is 0 Å². The second kappa shape index (κ2) is 8.13. The van der Waals surface area contributed by atoms with Gasteiger partial charge in [0, 0.05) is 49.1 Å². The number of aromatic nitrogens is 3. The number of carbonyl (C=O) groups excluding carboxylic acids is 2. The molecule has 0 spiro atoms. The first-order valence-electron chi connectivity index (χ1n) is 11.3. The van der Waals surface area contributed by atoms with Gasteiger partial charge in [-0.1, -0.05) is 13.8 Å². The quantitative estimate of drug-likeness (QED) is 0.582. The van der Waals surface area contributed by atoms with Crippen LogP contribution in [0, 0.1) is 23.7 Å². The number of hydrogen-bond acceptors (Lipinski definition) is 5. The van der Waals surface area contributed by atoms with Crippen molar-refractivity contribution >= 4 is 23.0 Å². The zero-order valence-electron chi connectivity index (χ0n) is 18.7. The van der Waals surface area contributed by atoms with Crippen molar-refractivity contribution in [2.24, 2.45) is 23.5 Å². The number of anilines is 1. The summed E-state index contributed by atoms with van der Waals surface area (Å²) in [5.74, 6) is 0.317. The first kappa shape index (κ1) is 21.4. The largest absolute Gasteiger partial charge is 0.380 e. The second-order valence-corrected chi connectivity index (χ2v) is 9.15.